The van der Waals surface area contributed by atoms with Crippen LogP contribution in [0.15, 0.2) is 12.3 Å². The molecule has 60 valence electrons. The second-order valence-corrected chi connectivity index (χ2v) is 2.45. The monoisotopic (exact) mass is 175 g/mol. The fourth-order valence-corrected chi connectivity index (χ4v) is 0.830. The molecule has 1 heterocycles. The van der Waals surface area contributed by atoms with Gasteiger partial charge in [-0.1, -0.05) is 11.6 Å². The molecule has 0 aliphatic heterocycles. The SMILES string of the molecule is COCc1ncc(Cl)cc1F. The number of hydrogen-bond acceptors (Lipinski definition) is 2. The molecule has 0 saturated carbocycles. The average Bonchev–Trinajstić information content (AvgIpc) is 1.95. The Kier molecular flexibility index (Phi) is 2.79. The van der Waals surface area contributed by atoms with E-state index < -0.39 is 5.82 Å². The van der Waals surface area contributed by atoms with Crippen LogP contribution in [0, 0.1) is 5.82 Å². The normalized spacial score (nSPS) is 10.1. The van der Waals surface area contributed by atoms with Crippen molar-refractivity contribution in [3.8, 4) is 0 Å². The Hall–Kier alpha value is -0.670. The van der Waals surface area contributed by atoms with Gasteiger partial charge in [0, 0.05) is 13.3 Å². The number of aromatic nitrogens is 1. The standard InChI is InChI=1S/C7H7ClFNO/c1-11-4-7-6(9)2-5(8)3-10-7/h2-3H,4H2,1H3. The highest BCUT2D eigenvalue weighted by atomic mass is 35.5. The Morgan fingerprint density at radius 2 is 2.45 bits per heavy atom. The van der Waals surface area contributed by atoms with E-state index in [9.17, 15) is 4.39 Å². The topological polar surface area (TPSA) is 22.1 Å². The summed E-state index contributed by atoms with van der Waals surface area (Å²) in [6.45, 7) is 0.170. The van der Waals surface area contributed by atoms with E-state index >= 15 is 0 Å². The molecular weight excluding hydrogens is 169 g/mol. The van der Waals surface area contributed by atoms with Gasteiger partial charge in [-0.25, -0.2) is 4.39 Å². The molecule has 0 N–H and O–H groups in total. The molecule has 4 heteroatoms. The Morgan fingerprint density at radius 1 is 1.73 bits per heavy atom. The molecular formula is C7H7ClFNO. The lowest BCUT2D eigenvalue weighted by molar-refractivity contribution is 0.177. The van der Waals surface area contributed by atoms with E-state index in [0.717, 1.165) is 0 Å². The van der Waals surface area contributed by atoms with Gasteiger partial charge in [0.1, 0.15) is 11.5 Å². The molecule has 0 amide bonds. The van der Waals surface area contributed by atoms with Crippen molar-refractivity contribution in [1.29, 1.82) is 0 Å². The molecule has 2 nitrogen and oxygen atoms in total. The summed E-state index contributed by atoms with van der Waals surface area (Å²) >= 11 is 5.47. The molecule has 1 aromatic heterocycles. The molecule has 1 aromatic rings. The van der Waals surface area contributed by atoms with Crippen molar-refractivity contribution in [2.24, 2.45) is 0 Å². The highest BCUT2D eigenvalue weighted by Gasteiger charge is 2.02. The van der Waals surface area contributed by atoms with Crippen LogP contribution in [0.25, 0.3) is 0 Å². The van der Waals surface area contributed by atoms with Crippen LogP contribution in [0.4, 0.5) is 4.39 Å². The molecule has 0 aromatic carbocycles. The van der Waals surface area contributed by atoms with Crippen LogP contribution < -0.4 is 0 Å². The van der Waals surface area contributed by atoms with Gasteiger partial charge in [0.15, 0.2) is 0 Å². The first-order valence-electron chi connectivity index (χ1n) is 3.03. The van der Waals surface area contributed by atoms with Gasteiger partial charge in [0.2, 0.25) is 0 Å². The predicted molar refractivity (Wildman–Crippen MR) is 39.9 cm³/mol. The molecule has 0 unspecified atom stereocenters. The van der Waals surface area contributed by atoms with Gasteiger partial charge < -0.3 is 4.74 Å². The third-order valence-corrected chi connectivity index (χ3v) is 1.37. The zero-order valence-electron chi connectivity index (χ0n) is 5.97. The van der Waals surface area contributed by atoms with E-state index in [1.165, 1.54) is 19.4 Å². The summed E-state index contributed by atoms with van der Waals surface area (Å²) in [6.07, 6.45) is 1.39. The Balaban J connectivity index is 2.90. The van der Waals surface area contributed by atoms with E-state index in [1.807, 2.05) is 0 Å². The molecule has 0 aliphatic carbocycles. The van der Waals surface area contributed by atoms with Gasteiger partial charge in [0.05, 0.1) is 11.6 Å². The first-order chi connectivity index (χ1) is 5.24. The van der Waals surface area contributed by atoms with Crippen LogP contribution >= 0.6 is 11.6 Å². The summed E-state index contributed by atoms with van der Waals surface area (Å²) in [5.41, 5.74) is 0.275. The summed E-state index contributed by atoms with van der Waals surface area (Å²) in [7, 11) is 1.48. The largest absolute Gasteiger partial charge is 0.378 e. The van der Waals surface area contributed by atoms with Crippen molar-refractivity contribution in [3.05, 3.63) is 28.8 Å². The first-order valence-corrected chi connectivity index (χ1v) is 3.40. The lowest BCUT2D eigenvalue weighted by Gasteiger charge is -1.99. The van der Waals surface area contributed by atoms with Crippen molar-refractivity contribution in [3.63, 3.8) is 0 Å². The average molecular weight is 176 g/mol. The smallest absolute Gasteiger partial charge is 0.148 e. The van der Waals surface area contributed by atoms with Gasteiger partial charge in [-0.15, -0.1) is 0 Å². The summed E-state index contributed by atoms with van der Waals surface area (Å²) in [5, 5.41) is 0.294. The molecule has 11 heavy (non-hydrogen) atoms. The summed E-state index contributed by atoms with van der Waals surface area (Å²) in [4.78, 5) is 3.74. The Bertz CT molecular complexity index is 254. The van der Waals surface area contributed by atoms with E-state index in [2.05, 4.69) is 4.98 Å². The molecule has 0 spiro atoms. The van der Waals surface area contributed by atoms with Crippen molar-refractivity contribution < 1.29 is 9.13 Å². The van der Waals surface area contributed by atoms with Crippen LogP contribution in [-0.2, 0) is 11.3 Å². The molecule has 0 aliphatic rings. The highest BCUT2D eigenvalue weighted by Crippen LogP contribution is 2.11. The number of pyridine rings is 1. The summed E-state index contributed by atoms with van der Waals surface area (Å²) < 4.78 is 17.5. The maximum Gasteiger partial charge on any atom is 0.148 e. The predicted octanol–water partition coefficient (Wildman–Crippen LogP) is 2.02. The minimum atomic E-state index is -0.431. The van der Waals surface area contributed by atoms with E-state index in [1.54, 1.807) is 0 Å². The van der Waals surface area contributed by atoms with Gasteiger partial charge in [-0.2, -0.15) is 0 Å². The van der Waals surface area contributed by atoms with Crippen molar-refractivity contribution in [2.75, 3.05) is 7.11 Å². The first kappa shape index (κ1) is 8.43. The van der Waals surface area contributed by atoms with Crippen molar-refractivity contribution >= 4 is 11.6 Å². The molecule has 0 fully saturated rings. The molecule has 0 atom stereocenters. The van der Waals surface area contributed by atoms with E-state index in [-0.39, 0.29) is 12.3 Å². The maximum absolute atomic E-state index is 12.8. The van der Waals surface area contributed by atoms with Crippen LogP contribution in [-0.4, -0.2) is 12.1 Å². The van der Waals surface area contributed by atoms with Gasteiger partial charge >= 0.3 is 0 Å². The molecule has 0 bridgehead atoms. The molecule has 0 saturated heterocycles. The van der Waals surface area contributed by atoms with Crippen LogP contribution in [0.3, 0.4) is 0 Å². The summed E-state index contributed by atoms with van der Waals surface area (Å²) in [6, 6.07) is 1.21. The number of halogens is 2. The molecule has 1 rings (SSSR count). The van der Waals surface area contributed by atoms with Crippen molar-refractivity contribution in [1.82, 2.24) is 4.98 Å². The number of methoxy groups -OCH3 is 1. The van der Waals surface area contributed by atoms with Gasteiger partial charge in [-0.3, -0.25) is 4.98 Å². The van der Waals surface area contributed by atoms with Crippen LogP contribution in [0.1, 0.15) is 5.69 Å². The quantitative estimate of drug-likeness (QED) is 0.686. The lowest BCUT2D eigenvalue weighted by atomic mass is 10.3. The maximum atomic E-state index is 12.8. The van der Waals surface area contributed by atoms with Crippen LogP contribution in [0.5, 0.6) is 0 Å². The summed E-state index contributed by atoms with van der Waals surface area (Å²) in [5.74, 6) is -0.431. The molecule has 0 radical (unpaired) electrons. The van der Waals surface area contributed by atoms with Gasteiger partial charge in [0.25, 0.3) is 0 Å². The zero-order valence-corrected chi connectivity index (χ0v) is 6.73. The van der Waals surface area contributed by atoms with E-state index in [4.69, 9.17) is 16.3 Å². The van der Waals surface area contributed by atoms with E-state index in [0.29, 0.717) is 5.02 Å². The number of rotatable bonds is 2. The zero-order chi connectivity index (χ0) is 8.27. The Labute approximate surface area is 69.0 Å². The minimum Gasteiger partial charge on any atom is -0.378 e. The van der Waals surface area contributed by atoms with Gasteiger partial charge in [-0.05, 0) is 6.07 Å². The van der Waals surface area contributed by atoms with Crippen molar-refractivity contribution in [2.45, 2.75) is 6.61 Å². The fourth-order valence-electron chi connectivity index (χ4n) is 0.686. The minimum absolute atomic E-state index is 0.170. The lowest BCUT2D eigenvalue weighted by Crippen LogP contribution is -1.95. The fraction of sp³-hybridized carbons (Fsp3) is 0.286. The highest BCUT2D eigenvalue weighted by molar-refractivity contribution is 6.30. The third kappa shape index (κ3) is 2.13. The Morgan fingerprint density at radius 3 is 3.00 bits per heavy atom. The number of ether oxygens (including phenoxy) is 1. The number of nitrogens with zero attached hydrogens (tertiary/aromatic N) is 1. The number of hydrogen-bond donors (Lipinski definition) is 0. The second-order valence-electron chi connectivity index (χ2n) is 2.02. The second kappa shape index (κ2) is 3.64. The van der Waals surface area contributed by atoms with Crippen LogP contribution in [0.2, 0.25) is 5.02 Å². The third-order valence-electron chi connectivity index (χ3n) is 1.17.